The number of carbonyl (C=O) groups excluding carboxylic acids is 2. The quantitative estimate of drug-likeness (QED) is 0.632. The Balaban J connectivity index is 2.26. The van der Waals surface area contributed by atoms with Gasteiger partial charge >= 0.3 is 0 Å². The summed E-state index contributed by atoms with van der Waals surface area (Å²) >= 11 is 12.5. The lowest BCUT2D eigenvalue weighted by molar-refractivity contribution is -0.140. The van der Waals surface area contributed by atoms with Crippen molar-refractivity contribution in [3.63, 3.8) is 0 Å². The molecule has 29 heavy (non-hydrogen) atoms. The van der Waals surface area contributed by atoms with Gasteiger partial charge in [-0.2, -0.15) is 0 Å². The van der Waals surface area contributed by atoms with Crippen molar-refractivity contribution in [1.29, 1.82) is 0 Å². The van der Waals surface area contributed by atoms with E-state index in [4.69, 9.17) is 23.2 Å². The number of hydrogen-bond donors (Lipinski definition) is 1. The third-order valence-corrected chi connectivity index (χ3v) is 5.42. The molecule has 6 heteroatoms. The van der Waals surface area contributed by atoms with Crippen LogP contribution in [-0.2, 0) is 22.6 Å². The molecule has 0 bridgehead atoms. The van der Waals surface area contributed by atoms with Crippen LogP contribution in [0.25, 0.3) is 0 Å². The average molecular weight is 435 g/mol. The van der Waals surface area contributed by atoms with Gasteiger partial charge in [-0.3, -0.25) is 9.59 Å². The third-order valence-electron chi connectivity index (χ3n) is 4.72. The predicted octanol–water partition coefficient (Wildman–Crippen LogP) is 5.03. The van der Waals surface area contributed by atoms with Gasteiger partial charge in [0.05, 0.1) is 6.42 Å². The molecule has 0 saturated heterocycles. The summed E-state index contributed by atoms with van der Waals surface area (Å²) in [5, 5.41) is 3.80. The van der Waals surface area contributed by atoms with Crippen LogP contribution >= 0.6 is 23.2 Å². The number of rotatable bonds is 8. The maximum Gasteiger partial charge on any atom is 0.242 e. The fourth-order valence-electron chi connectivity index (χ4n) is 2.88. The smallest absolute Gasteiger partial charge is 0.242 e. The highest BCUT2D eigenvalue weighted by atomic mass is 35.5. The number of amides is 2. The van der Waals surface area contributed by atoms with Gasteiger partial charge in [-0.05, 0) is 43.0 Å². The number of nitrogens with zero attached hydrogens (tertiary/aromatic N) is 1. The second-order valence-corrected chi connectivity index (χ2v) is 8.51. The molecule has 4 nitrogen and oxygen atoms in total. The highest BCUT2D eigenvalue weighted by Crippen LogP contribution is 2.26. The Bertz CT molecular complexity index is 830. The van der Waals surface area contributed by atoms with Crippen molar-refractivity contribution in [3.05, 3.63) is 69.2 Å². The van der Waals surface area contributed by atoms with Crippen molar-refractivity contribution in [1.82, 2.24) is 10.2 Å². The van der Waals surface area contributed by atoms with Gasteiger partial charge in [0.15, 0.2) is 0 Å². The molecule has 0 aliphatic heterocycles. The fourth-order valence-corrected chi connectivity index (χ4v) is 3.41. The normalized spacial score (nSPS) is 12.0. The van der Waals surface area contributed by atoms with E-state index in [0.717, 1.165) is 11.1 Å². The second-order valence-electron chi connectivity index (χ2n) is 7.70. The number of benzene rings is 2. The van der Waals surface area contributed by atoms with Crippen molar-refractivity contribution in [2.24, 2.45) is 5.92 Å². The molecule has 2 amide bonds. The molecule has 2 aromatic rings. The molecule has 2 aromatic carbocycles. The first-order valence-corrected chi connectivity index (χ1v) is 10.5. The number of carbonyl (C=O) groups is 2. The lowest BCUT2D eigenvalue weighted by atomic mass is 10.1. The molecule has 1 N–H and O–H groups in total. The Morgan fingerprint density at radius 1 is 1.00 bits per heavy atom. The van der Waals surface area contributed by atoms with E-state index >= 15 is 0 Å². The average Bonchev–Trinajstić information content (AvgIpc) is 2.67. The molecule has 2 rings (SSSR count). The maximum absolute atomic E-state index is 13.2. The summed E-state index contributed by atoms with van der Waals surface area (Å²) in [5.41, 5.74) is 2.67. The van der Waals surface area contributed by atoms with Crippen LogP contribution in [0.4, 0.5) is 0 Å². The molecule has 0 aliphatic rings. The number of halogens is 2. The molecule has 0 aromatic heterocycles. The Morgan fingerprint density at radius 2 is 1.59 bits per heavy atom. The summed E-state index contributed by atoms with van der Waals surface area (Å²) in [6, 6.07) is 12.5. The summed E-state index contributed by atoms with van der Waals surface area (Å²) in [5.74, 6) is -0.0495. The number of hydrogen-bond acceptors (Lipinski definition) is 2. The predicted molar refractivity (Wildman–Crippen MR) is 119 cm³/mol. The summed E-state index contributed by atoms with van der Waals surface area (Å²) in [6.45, 7) is 8.70. The minimum atomic E-state index is -0.621. The van der Waals surface area contributed by atoms with E-state index in [9.17, 15) is 9.59 Å². The Labute approximate surface area is 183 Å². The zero-order chi connectivity index (χ0) is 21.6. The molecule has 0 aliphatic carbocycles. The molecule has 0 unspecified atom stereocenters. The SMILES string of the molecule is Cc1ccc(CN(C(=O)Cc2c(Cl)cccc2Cl)[C@@H](C)C(=O)NCC(C)C)cc1. The van der Waals surface area contributed by atoms with Crippen LogP contribution in [0, 0.1) is 12.8 Å². The molecule has 0 spiro atoms. The van der Waals surface area contributed by atoms with E-state index in [1.54, 1.807) is 30.0 Å². The topological polar surface area (TPSA) is 49.4 Å². The van der Waals surface area contributed by atoms with E-state index in [2.05, 4.69) is 5.32 Å². The largest absolute Gasteiger partial charge is 0.354 e. The molecule has 0 saturated carbocycles. The van der Waals surface area contributed by atoms with Crippen molar-refractivity contribution < 1.29 is 9.59 Å². The Kier molecular flexibility index (Phi) is 8.54. The van der Waals surface area contributed by atoms with Crippen LogP contribution in [-0.4, -0.2) is 29.3 Å². The first kappa shape index (κ1) is 23.2. The molecule has 156 valence electrons. The highest BCUT2D eigenvalue weighted by molar-refractivity contribution is 6.36. The van der Waals surface area contributed by atoms with E-state index in [1.807, 2.05) is 45.0 Å². The zero-order valence-corrected chi connectivity index (χ0v) is 18.8. The highest BCUT2D eigenvalue weighted by Gasteiger charge is 2.27. The van der Waals surface area contributed by atoms with Gasteiger partial charge in [-0.25, -0.2) is 0 Å². The van der Waals surface area contributed by atoms with Crippen molar-refractivity contribution in [3.8, 4) is 0 Å². The van der Waals surface area contributed by atoms with Gasteiger partial charge in [0.25, 0.3) is 0 Å². The zero-order valence-electron chi connectivity index (χ0n) is 17.3. The second kappa shape index (κ2) is 10.7. The van der Waals surface area contributed by atoms with Crippen LogP contribution in [0.15, 0.2) is 42.5 Å². The Hall–Kier alpha value is -2.04. The van der Waals surface area contributed by atoms with Gasteiger partial charge < -0.3 is 10.2 Å². The van der Waals surface area contributed by atoms with Crippen LogP contribution in [0.2, 0.25) is 10.0 Å². The first-order chi connectivity index (χ1) is 13.7. The van der Waals surface area contributed by atoms with Crippen LogP contribution in [0.3, 0.4) is 0 Å². The third kappa shape index (κ3) is 6.76. The van der Waals surface area contributed by atoms with E-state index in [0.29, 0.717) is 34.6 Å². The summed E-state index contributed by atoms with van der Waals surface area (Å²) < 4.78 is 0. The van der Waals surface area contributed by atoms with Crippen molar-refractivity contribution >= 4 is 35.0 Å². The Morgan fingerprint density at radius 3 is 2.14 bits per heavy atom. The molecule has 0 radical (unpaired) electrons. The van der Waals surface area contributed by atoms with E-state index < -0.39 is 6.04 Å². The van der Waals surface area contributed by atoms with Gasteiger partial charge in [0.2, 0.25) is 11.8 Å². The standard InChI is InChI=1S/C23H28Cl2N2O2/c1-15(2)13-26-23(29)17(4)27(14-18-10-8-16(3)9-11-18)22(28)12-19-20(24)6-5-7-21(19)25/h5-11,15,17H,12-14H2,1-4H3,(H,26,29)/t17-/m0/s1. The number of aryl methyl sites for hydroxylation is 1. The minimum Gasteiger partial charge on any atom is -0.354 e. The lowest BCUT2D eigenvalue weighted by Crippen LogP contribution is -2.48. The van der Waals surface area contributed by atoms with Crippen LogP contribution in [0.1, 0.15) is 37.5 Å². The van der Waals surface area contributed by atoms with Gasteiger partial charge in [0.1, 0.15) is 6.04 Å². The van der Waals surface area contributed by atoms with Gasteiger partial charge in [-0.1, -0.05) is 72.9 Å². The molecule has 0 heterocycles. The summed E-state index contributed by atoms with van der Waals surface area (Å²) in [7, 11) is 0. The first-order valence-electron chi connectivity index (χ1n) is 9.74. The van der Waals surface area contributed by atoms with Crippen LogP contribution in [0.5, 0.6) is 0 Å². The van der Waals surface area contributed by atoms with E-state index in [1.165, 1.54) is 0 Å². The fraction of sp³-hybridized carbons (Fsp3) is 0.391. The molecular weight excluding hydrogens is 407 g/mol. The summed E-state index contributed by atoms with van der Waals surface area (Å²) in [4.78, 5) is 27.5. The maximum atomic E-state index is 13.2. The molecule has 1 atom stereocenters. The minimum absolute atomic E-state index is 0.0339. The van der Waals surface area contributed by atoms with E-state index in [-0.39, 0.29) is 18.2 Å². The molecule has 0 fully saturated rings. The number of nitrogens with one attached hydrogen (secondary N) is 1. The van der Waals surface area contributed by atoms with Crippen molar-refractivity contribution in [2.75, 3.05) is 6.54 Å². The molecular formula is C23H28Cl2N2O2. The van der Waals surface area contributed by atoms with Crippen LogP contribution < -0.4 is 5.32 Å². The summed E-state index contributed by atoms with van der Waals surface area (Å²) in [6.07, 6.45) is 0.0339. The van der Waals surface area contributed by atoms with Crippen molar-refractivity contribution in [2.45, 2.75) is 46.7 Å². The monoisotopic (exact) mass is 434 g/mol. The van der Waals surface area contributed by atoms with Gasteiger partial charge in [0, 0.05) is 23.1 Å². The lowest BCUT2D eigenvalue weighted by Gasteiger charge is -2.29. The van der Waals surface area contributed by atoms with Gasteiger partial charge in [-0.15, -0.1) is 0 Å².